The van der Waals surface area contributed by atoms with E-state index < -0.39 is 11.4 Å². The standard InChI is InChI=1S/C16H20ClNO3/c1-3-16(4-2,15(20)21)11-18-14(19)10-7-12-5-8-13(17)9-6-12/h5-10H,3-4,11H2,1-2H3,(H,18,19)(H,20,21)/b10-7+. The van der Waals surface area contributed by atoms with Gasteiger partial charge in [-0.15, -0.1) is 0 Å². The first-order chi connectivity index (χ1) is 9.93. The Morgan fingerprint density at radius 3 is 2.29 bits per heavy atom. The molecule has 1 aromatic carbocycles. The molecule has 0 heterocycles. The molecule has 114 valence electrons. The van der Waals surface area contributed by atoms with Gasteiger partial charge in [0.2, 0.25) is 5.91 Å². The molecule has 0 fully saturated rings. The highest BCUT2D eigenvalue weighted by Gasteiger charge is 2.34. The summed E-state index contributed by atoms with van der Waals surface area (Å²) < 4.78 is 0. The van der Waals surface area contributed by atoms with Crippen molar-refractivity contribution in [1.82, 2.24) is 5.32 Å². The number of halogens is 1. The fourth-order valence-electron chi connectivity index (χ4n) is 1.94. The van der Waals surface area contributed by atoms with Crippen LogP contribution in [0.5, 0.6) is 0 Å². The van der Waals surface area contributed by atoms with Crippen molar-refractivity contribution in [2.75, 3.05) is 6.54 Å². The van der Waals surface area contributed by atoms with Crippen LogP contribution < -0.4 is 5.32 Å². The zero-order chi connectivity index (χ0) is 15.9. The topological polar surface area (TPSA) is 66.4 Å². The van der Waals surface area contributed by atoms with Gasteiger partial charge in [-0.3, -0.25) is 9.59 Å². The fraction of sp³-hybridized carbons (Fsp3) is 0.375. The highest BCUT2D eigenvalue weighted by molar-refractivity contribution is 6.30. The lowest BCUT2D eigenvalue weighted by Crippen LogP contribution is -2.41. The quantitative estimate of drug-likeness (QED) is 0.759. The molecule has 0 radical (unpaired) electrons. The van der Waals surface area contributed by atoms with Gasteiger partial charge in [0.15, 0.2) is 0 Å². The van der Waals surface area contributed by atoms with Gasteiger partial charge < -0.3 is 10.4 Å². The number of benzene rings is 1. The summed E-state index contributed by atoms with van der Waals surface area (Å²) in [7, 11) is 0. The molecule has 1 aromatic rings. The molecule has 0 bridgehead atoms. The van der Waals surface area contributed by atoms with Crippen molar-refractivity contribution >= 4 is 29.6 Å². The maximum absolute atomic E-state index is 11.8. The van der Waals surface area contributed by atoms with E-state index in [4.69, 9.17) is 11.6 Å². The monoisotopic (exact) mass is 309 g/mol. The first-order valence-corrected chi connectivity index (χ1v) is 7.26. The third kappa shape index (κ3) is 4.90. The number of amides is 1. The van der Waals surface area contributed by atoms with E-state index in [2.05, 4.69) is 5.32 Å². The molecule has 0 aliphatic heterocycles. The van der Waals surface area contributed by atoms with Gasteiger partial charge in [0.1, 0.15) is 0 Å². The Labute approximate surface area is 129 Å². The summed E-state index contributed by atoms with van der Waals surface area (Å²) in [5.41, 5.74) is -0.0472. The van der Waals surface area contributed by atoms with Crippen molar-refractivity contribution in [3.05, 3.63) is 40.9 Å². The van der Waals surface area contributed by atoms with Crippen molar-refractivity contribution in [3.8, 4) is 0 Å². The molecular formula is C16H20ClNO3. The molecule has 5 heteroatoms. The molecule has 0 aliphatic carbocycles. The lowest BCUT2D eigenvalue weighted by atomic mass is 9.82. The van der Waals surface area contributed by atoms with Crippen molar-refractivity contribution < 1.29 is 14.7 Å². The van der Waals surface area contributed by atoms with Crippen LogP contribution in [0.4, 0.5) is 0 Å². The summed E-state index contributed by atoms with van der Waals surface area (Å²) in [4.78, 5) is 23.1. The average molecular weight is 310 g/mol. The van der Waals surface area contributed by atoms with Crippen molar-refractivity contribution in [2.45, 2.75) is 26.7 Å². The predicted octanol–water partition coefficient (Wildman–Crippen LogP) is 3.36. The predicted molar refractivity (Wildman–Crippen MR) is 84.1 cm³/mol. The Hall–Kier alpha value is -1.81. The van der Waals surface area contributed by atoms with Crippen LogP contribution in [0, 0.1) is 5.41 Å². The largest absolute Gasteiger partial charge is 0.481 e. The van der Waals surface area contributed by atoms with Gasteiger partial charge >= 0.3 is 5.97 Å². The molecule has 0 saturated carbocycles. The number of rotatable bonds is 7. The number of carboxylic acid groups (broad SMARTS) is 1. The minimum Gasteiger partial charge on any atom is -0.481 e. The van der Waals surface area contributed by atoms with Gasteiger partial charge in [0, 0.05) is 17.6 Å². The number of hydrogen-bond donors (Lipinski definition) is 2. The Morgan fingerprint density at radius 2 is 1.81 bits per heavy atom. The number of carbonyl (C=O) groups excluding carboxylic acids is 1. The Kier molecular flexibility index (Phi) is 6.43. The van der Waals surface area contributed by atoms with E-state index in [1.807, 2.05) is 13.8 Å². The smallest absolute Gasteiger partial charge is 0.311 e. The molecule has 2 N–H and O–H groups in total. The maximum atomic E-state index is 11.8. The van der Waals surface area contributed by atoms with Crippen LogP contribution in [0.25, 0.3) is 6.08 Å². The second-order valence-corrected chi connectivity index (χ2v) is 5.33. The molecule has 0 aliphatic rings. The third-order valence-corrected chi connectivity index (χ3v) is 3.96. The van der Waals surface area contributed by atoms with E-state index in [1.54, 1.807) is 30.3 Å². The van der Waals surface area contributed by atoms with Crippen LogP contribution in [-0.4, -0.2) is 23.5 Å². The highest BCUT2D eigenvalue weighted by atomic mass is 35.5. The zero-order valence-corrected chi connectivity index (χ0v) is 13.0. The van der Waals surface area contributed by atoms with Crippen LogP contribution in [0.15, 0.2) is 30.3 Å². The van der Waals surface area contributed by atoms with Gasteiger partial charge in [0.05, 0.1) is 5.41 Å². The fourth-order valence-corrected chi connectivity index (χ4v) is 2.07. The van der Waals surface area contributed by atoms with E-state index in [-0.39, 0.29) is 12.5 Å². The van der Waals surface area contributed by atoms with E-state index >= 15 is 0 Å². The van der Waals surface area contributed by atoms with Gasteiger partial charge in [-0.2, -0.15) is 0 Å². The number of carbonyl (C=O) groups is 2. The summed E-state index contributed by atoms with van der Waals surface area (Å²) in [5.74, 6) is -1.19. The molecule has 4 nitrogen and oxygen atoms in total. The molecule has 0 atom stereocenters. The minimum atomic E-state index is -0.899. The number of carboxylic acids is 1. The molecule has 0 spiro atoms. The normalized spacial score (nSPS) is 11.6. The van der Waals surface area contributed by atoms with Crippen LogP contribution in [-0.2, 0) is 9.59 Å². The van der Waals surface area contributed by atoms with Gasteiger partial charge in [-0.25, -0.2) is 0 Å². The molecule has 1 amide bonds. The molecule has 0 aromatic heterocycles. The Bertz CT molecular complexity index is 519. The van der Waals surface area contributed by atoms with Gasteiger partial charge in [0.25, 0.3) is 0 Å². The first-order valence-electron chi connectivity index (χ1n) is 6.88. The summed E-state index contributed by atoms with van der Waals surface area (Å²) in [6.07, 6.45) is 3.99. The van der Waals surface area contributed by atoms with Crippen LogP contribution in [0.2, 0.25) is 5.02 Å². The second kappa shape index (κ2) is 7.84. The van der Waals surface area contributed by atoms with Crippen molar-refractivity contribution in [3.63, 3.8) is 0 Å². The van der Waals surface area contributed by atoms with Crippen LogP contribution in [0.1, 0.15) is 32.3 Å². The van der Waals surface area contributed by atoms with E-state index in [0.717, 1.165) is 5.56 Å². The van der Waals surface area contributed by atoms with Gasteiger partial charge in [-0.1, -0.05) is 37.6 Å². The Balaban J connectivity index is 2.61. The van der Waals surface area contributed by atoms with E-state index in [0.29, 0.717) is 17.9 Å². The summed E-state index contributed by atoms with van der Waals surface area (Å²) in [6, 6.07) is 7.07. The summed E-state index contributed by atoms with van der Waals surface area (Å²) >= 11 is 5.78. The third-order valence-electron chi connectivity index (χ3n) is 3.71. The average Bonchev–Trinajstić information content (AvgIpc) is 2.48. The number of hydrogen-bond acceptors (Lipinski definition) is 2. The van der Waals surface area contributed by atoms with Crippen molar-refractivity contribution in [2.24, 2.45) is 5.41 Å². The first kappa shape index (κ1) is 17.2. The molecule has 1 rings (SSSR count). The lowest BCUT2D eigenvalue weighted by Gasteiger charge is -2.26. The van der Waals surface area contributed by atoms with Crippen LogP contribution in [0.3, 0.4) is 0 Å². The van der Waals surface area contributed by atoms with E-state index in [9.17, 15) is 14.7 Å². The molecule has 0 unspecified atom stereocenters. The summed E-state index contributed by atoms with van der Waals surface area (Å²) in [5, 5.41) is 12.6. The Morgan fingerprint density at radius 1 is 1.24 bits per heavy atom. The zero-order valence-electron chi connectivity index (χ0n) is 12.2. The second-order valence-electron chi connectivity index (χ2n) is 4.90. The lowest BCUT2D eigenvalue weighted by molar-refractivity contribution is -0.149. The van der Waals surface area contributed by atoms with Crippen molar-refractivity contribution in [1.29, 1.82) is 0 Å². The SMILES string of the molecule is CCC(CC)(CNC(=O)/C=C/c1ccc(Cl)cc1)C(=O)O. The highest BCUT2D eigenvalue weighted by Crippen LogP contribution is 2.25. The molecular weight excluding hydrogens is 290 g/mol. The maximum Gasteiger partial charge on any atom is 0.311 e. The number of aliphatic carboxylic acids is 1. The van der Waals surface area contributed by atoms with Crippen LogP contribution >= 0.6 is 11.6 Å². The van der Waals surface area contributed by atoms with Gasteiger partial charge in [-0.05, 0) is 36.6 Å². The summed E-state index contributed by atoms with van der Waals surface area (Å²) in [6.45, 7) is 3.75. The molecule has 21 heavy (non-hydrogen) atoms. The number of nitrogens with one attached hydrogen (secondary N) is 1. The molecule has 0 saturated heterocycles. The minimum absolute atomic E-state index is 0.124. The van der Waals surface area contributed by atoms with E-state index in [1.165, 1.54) is 6.08 Å².